The highest BCUT2D eigenvalue weighted by atomic mass is 32.2. The van der Waals surface area contributed by atoms with Crippen LogP contribution in [0.4, 0.5) is 5.13 Å². The number of anilines is 1. The van der Waals surface area contributed by atoms with Gasteiger partial charge >= 0.3 is 5.97 Å². The number of nitrogens with one attached hydrogen (secondary N) is 1. The van der Waals surface area contributed by atoms with Crippen LogP contribution in [0.5, 0.6) is 0 Å². The summed E-state index contributed by atoms with van der Waals surface area (Å²) in [6.07, 6.45) is 5.34. The predicted octanol–water partition coefficient (Wildman–Crippen LogP) is 4.50. The number of Topliss-reactive ketones (excluding diaryl/α,β-unsaturated/α-hetero) is 1. The minimum Gasteiger partial charge on any atom is -0.454 e. The molecule has 0 saturated heterocycles. The molecule has 1 N–H and O–H groups in total. The number of nitrogens with zero attached hydrogens (tertiary/aromatic N) is 2. The van der Waals surface area contributed by atoms with Gasteiger partial charge in [-0.2, -0.15) is 0 Å². The average Bonchev–Trinajstić information content (AvgIpc) is 3.14. The lowest BCUT2D eigenvalue weighted by atomic mass is 9.96. The van der Waals surface area contributed by atoms with Gasteiger partial charge in [-0.1, -0.05) is 72.2 Å². The van der Waals surface area contributed by atoms with E-state index in [1.54, 1.807) is 19.1 Å². The summed E-state index contributed by atoms with van der Waals surface area (Å²) in [4.78, 5) is 24.4. The first-order chi connectivity index (χ1) is 13.5. The Kier molecular flexibility index (Phi) is 7.44. The largest absolute Gasteiger partial charge is 0.454 e. The number of hydrogen-bond donors (Lipinski definition) is 1. The van der Waals surface area contributed by atoms with Gasteiger partial charge in [-0.15, -0.1) is 10.2 Å². The molecule has 1 saturated carbocycles. The Morgan fingerprint density at radius 3 is 2.64 bits per heavy atom. The molecule has 0 bridgehead atoms. The minimum absolute atomic E-state index is 0.101. The van der Waals surface area contributed by atoms with Crippen LogP contribution in [0.25, 0.3) is 0 Å². The summed E-state index contributed by atoms with van der Waals surface area (Å²) in [5.41, 5.74) is 1.62. The first-order valence-corrected chi connectivity index (χ1v) is 11.3. The first kappa shape index (κ1) is 20.8. The van der Waals surface area contributed by atoms with Crippen molar-refractivity contribution < 1.29 is 14.3 Å². The van der Waals surface area contributed by atoms with Crippen LogP contribution in [-0.4, -0.2) is 39.8 Å². The van der Waals surface area contributed by atoms with Crippen molar-refractivity contribution in [1.82, 2.24) is 10.2 Å². The van der Waals surface area contributed by atoms with Crippen molar-refractivity contribution in [3.8, 4) is 0 Å². The number of rotatable bonds is 8. The molecule has 0 unspecified atom stereocenters. The Labute approximate surface area is 173 Å². The third-order valence-corrected chi connectivity index (χ3v) is 6.63. The normalized spacial score (nSPS) is 15.8. The average molecular weight is 420 g/mol. The van der Waals surface area contributed by atoms with Crippen molar-refractivity contribution in [3.05, 3.63) is 35.4 Å². The van der Waals surface area contributed by atoms with E-state index in [0.717, 1.165) is 10.7 Å². The van der Waals surface area contributed by atoms with Crippen LogP contribution in [0.1, 0.15) is 54.9 Å². The van der Waals surface area contributed by atoms with E-state index in [1.165, 1.54) is 55.2 Å². The number of carbonyl (C=O) groups is 2. The van der Waals surface area contributed by atoms with Gasteiger partial charge in [0.2, 0.25) is 10.9 Å². The summed E-state index contributed by atoms with van der Waals surface area (Å²) < 4.78 is 5.99. The van der Waals surface area contributed by atoms with Crippen molar-refractivity contribution in [2.24, 2.45) is 0 Å². The quantitative estimate of drug-likeness (QED) is 0.383. The Balaban J connectivity index is 1.43. The number of aromatic nitrogens is 2. The molecule has 0 aliphatic heterocycles. The number of hydrogen-bond acceptors (Lipinski definition) is 8. The van der Waals surface area contributed by atoms with Gasteiger partial charge in [-0.25, -0.2) is 0 Å². The monoisotopic (exact) mass is 419 g/mol. The fraction of sp³-hybridized carbons (Fsp3) is 0.500. The van der Waals surface area contributed by atoms with Crippen LogP contribution in [-0.2, 0) is 9.53 Å². The smallest absolute Gasteiger partial charge is 0.317 e. The zero-order chi connectivity index (χ0) is 19.9. The van der Waals surface area contributed by atoms with E-state index in [1.807, 2.05) is 19.1 Å². The van der Waals surface area contributed by atoms with E-state index in [0.29, 0.717) is 15.9 Å². The van der Waals surface area contributed by atoms with Gasteiger partial charge in [0.05, 0.1) is 5.75 Å². The number of thioether (sulfide) groups is 1. The van der Waals surface area contributed by atoms with Gasteiger partial charge in [-0.05, 0) is 26.7 Å². The lowest BCUT2D eigenvalue weighted by Gasteiger charge is -2.21. The van der Waals surface area contributed by atoms with Gasteiger partial charge in [0, 0.05) is 11.6 Å². The zero-order valence-corrected chi connectivity index (χ0v) is 17.8. The fourth-order valence-corrected chi connectivity index (χ4v) is 4.72. The molecule has 28 heavy (non-hydrogen) atoms. The van der Waals surface area contributed by atoms with Gasteiger partial charge in [0.25, 0.3) is 0 Å². The predicted molar refractivity (Wildman–Crippen MR) is 112 cm³/mol. The first-order valence-electron chi connectivity index (χ1n) is 9.54. The third-order valence-electron chi connectivity index (χ3n) is 4.67. The molecule has 150 valence electrons. The van der Waals surface area contributed by atoms with E-state index < -0.39 is 12.1 Å². The van der Waals surface area contributed by atoms with E-state index in [2.05, 4.69) is 15.5 Å². The molecule has 1 fully saturated rings. The summed E-state index contributed by atoms with van der Waals surface area (Å²) in [5.74, 6) is -0.535. The van der Waals surface area contributed by atoms with Gasteiger partial charge in [0.15, 0.2) is 10.4 Å². The van der Waals surface area contributed by atoms with Crippen LogP contribution in [0.2, 0.25) is 0 Å². The van der Waals surface area contributed by atoms with E-state index in [-0.39, 0.29) is 11.5 Å². The molecule has 1 aliphatic rings. The fourth-order valence-electron chi connectivity index (χ4n) is 3.11. The summed E-state index contributed by atoms with van der Waals surface area (Å²) >= 11 is 2.73. The maximum atomic E-state index is 12.3. The standard InChI is InChI=1S/C20H25N3O3S2/c1-13-8-10-15(11-9-13)18(25)14(2)26-17(24)12-27-20-23-22-19(28-20)21-16-6-4-3-5-7-16/h8-11,14,16H,3-7,12H2,1-2H3,(H,21,22)/t14-/m1/s1. The van der Waals surface area contributed by atoms with Crippen LogP contribution < -0.4 is 5.32 Å². The topological polar surface area (TPSA) is 81.2 Å². The van der Waals surface area contributed by atoms with E-state index in [4.69, 9.17) is 4.74 Å². The van der Waals surface area contributed by atoms with Crippen molar-refractivity contribution >= 4 is 40.0 Å². The molecule has 3 rings (SSSR count). The lowest BCUT2D eigenvalue weighted by Crippen LogP contribution is -2.25. The molecule has 2 aromatic rings. The highest BCUT2D eigenvalue weighted by Crippen LogP contribution is 2.28. The zero-order valence-electron chi connectivity index (χ0n) is 16.1. The van der Waals surface area contributed by atoms with Gasteiger partial charge in [-0.3, -0.25) is 9.59 Å². The van der Waals surface area contributed by atoms with E-state index in [9.17, 15) is 9.59 Å². The molecular formula is C20H25N3O3S2. The Bertz CT molecular complexity index is 801. The van der Waals surface area contributed by atoms with Crippen molar-refractivity contribution in [3.63, 3.8) is 0 Å². The second kappa shape index (κ2) is 10.0. The third kappa shape index (κ3) is 6.04. The number of benzene rings is 1. The molecule has 1 aromatic heterocycles. The molecule has 1 atom stereocenters. The van der Waals surface area contributed by atoms with Crippen LogP contribution in [0.15, 0.2) is 28.6 Å². The van der Waals surface area contributed by atoms with Gasteiger partial charge in [0.1, 0.15) is 0 Å². The molecule has 0 amide bonds. The molecule has 1 heterocycles. The number of carbonyl (C=O) groups excluding carboxylic acids is 2. The minimum atomic E-state index is -0.811. The van der Waals surface area contributed by atoms with E-state index >= 15 is 0 Å². The molecular weight excluding hydrogens is 394 g/mol. The van der Waals surface area contributed by atoms with Crippen molar-refractivity contribution in [2.45, 2.75) is 62.4 Å². The number of esters is 1. The second-order valence-corrected chi connectivity index (χ2v) is 9.20. The van der Waals surface area contributed by atoms with Crippen LogP contribution >= 0.6 is 23.1 Å². The Morgan fingerprint density at radius 1 is 1.21 bits per heavy atom. The number of aryl methyl sites for hydroxylation is 1. The summed E-state index contributed by atoms with van der Waals surface area (Å²) in [6, 6.07) is 7.70. The highest BCUT2D eigenvalue weighted by molar-refractivity contribution is 8.01. The number of ketones is 1. The van der Waals surface area contributed by atoms with Crippen molar-refractivity contribution in [1.29, 1.82) is 0 Å². The Morgan fingerprint density at radius 2 is 1.93 bits per heavy atom. The summed E-state index contributed by atoms with van der Waals surface area (Å²) in [5, 5.41) is 12.5. The molecule has 1 aliphatic carbocycles. The van der Waals surface area contributed by atoms with Gasteiger partial charge < -0.3 is 10.1 Å². The Hall–Kier alpha value is -1.93. The SMILES string of the molecule is Cc1ccc(C(=O)[C@@H](C)OC(=O)CSc2nnc(NC3CCCCC3)s2)cc1. The maximum absolute atomic E-state index is 12.3. The maximum Gasteiger partial charge on any atom is 0.317 e. The van der Waals surface area contributed by atoms with Crippen molar-refractivity contribution in [2.75, 3.05) is 11.1 Å². The summed E-state index contributed by atoms with van der Waals surface area (Å²) in [7, 11) is 0. The second-order valence-electron chi connectivity index (χ2n) is 7.00. The molecule has 0 spiro atoms. The number of ether oxygens (including phenoxy) is 1. The molecule has 8 heteroatoms. The highest BCUT2D eigenvalue weighted by Gasteiger charge is 2.20. The lowest BCUT2D eigenvalue weighted by molar-refractivity contribution is -0.143. The molecule has 6 nitrogen and oxygen atoms in total. The summed E-state index contributed by atoms with van der Waals surface area (Å²) in [6.45, 7) is 3.56. The van der Waals surface area contributed by atoms with Crippen LogP contribution in [0, 0.1) is 6.92 Å². The molecule has 0 radical (unpaired) electrons. The molecule has 1 aromatic carbocycles. The van der Waals surface area contributed by atoms with Crippen LogP contribution in [0.3, 0.4) is 0 Å².